The van der Waals surface area contributed by atoms with Gasteiger partial charge in [-0.3, -0.25) is 29.1 Å². The number of H-pyrrole nitrogens is 1. The minimum atomic E-state index is -0.822. The fourth-order valence-corrected chi connectivity index (χ4v) is 9.84. The molecule has 2 aromatic rings. The predicted octanol–water partition coefficient (Wildman–Crippen LogP) is 2.95. The minimum absolute atomic E-state index is 0.00261. The average molecular weight is 500 g/mol. The fourth-order valence-electron chi connectivity index (χ4n) is 6.96. The van der Waals surface area contributed by atoms with E-state index in [1.54, 1.807) is 18.0 Å². The first-order chi connectivity index (χ1) is 16.5. The number of hydrogen-bond donors (Lipinski definition) is 2. The molecule has 3 fully saturated rings. The van der Waals surface area contributed by atoms with Crippen LogP contribution in [0.15, 0.2) is 34.3 Å². The average Bonchev–Trinajstić information content (AvgIpc) is 3.54. The molecule has 2 N–H and O–H groups in total. The summed E-state index contributed by atoms with van der Waals surface area (Å²) in [5.41, 5.74) is 1.06. The van der Waals surface area contributed by atoms with Crippen LogP contribution in [0.4, 0.5) is 0 Å². The van der Waals surface area contributed by atoms with Crippen LogP contribution in [-0.4, -0.2) is 49.6 Å². The summed E-state index contributed by atoms with van der Waals surface area (Å²) in [6.45, 7) is 0.374. The number of carbonyl (C=O) groups is 3. The number of fused-ring (bicyclic) bond motifs is 9. The van der Waals surface area contributed by atoms with Gasteiger partial charge in [0.2, 0.25) is 11.8 Å². The Balaban J connectivity index is 1.28. The molecule has 7 atom stereocenters. The Kier molecular flexibility index (Phi) is 5.40. The zero-order valence-corrected chi connectivity index (χ0v) is 20.0. The molecule has 0 radical (unpaired) electrons. The third-order valence-corrected chi connectivity index (χ3v) is 10.7. The Labute approximate surface area is 204 Å². The number of thioether (sulfide) groups is 1. The monoisotopic (exact) mass is 499 g/mol. The van der Waals surface area contributed by atoms with E-state index in [2.05, 4.69) is 9.97 Å². The van der Waals surface area contributed by atoms with Gasteiger partial charge in [-0.1, -0.05) is 23.8 Å². The molecule has 2 amide bonds. The first kappa shape index (κ1) is 22.0. The van der Waals surface area contributed by atoms with E-state index in [0.717, 1.165) is 21.9 Å². The number of rotatable bonds is 7. The second kappa shape index (κ2) is 8.34. The van der Waals surface area contributed by atoms with E-state index >= 15 is 0 Å². The SMILES string of the molecule is O=C(O)CCCCCN1C(=O)[C@@H]2[C@H]3C[C@@H]([C@H]4Sc5[nH]c(=O)sc5[C@@H](c5cccnc5)[C@@H]34)[C@H]2C1=O. The molecule has 6 rings (SSSR count). The van der Waals surface area contributed by atoms with Crippen LogP contribution in [-0.2, 0) is 14.4 Å². The number of hydrogen-bond acceptors (Lipinski definition) is 7. The number of aliphatic carboxylic acids is 1. The Morgan fingerprint density at radius 2 is 1.94 bits per heavy atom. The minimum Gasteiger partial charge on any atom is -0.481 e. The number of nitrogens with one attached hydrogen (secondary N) is 1. The lowest BCUT2D eigenvalue weighted by atomic mass is 9.68. The van der Waals surface area contributed by atoms with Crippen LogP contribution >= 0.6 is 23.1 Å². The number of aromatic nitrogens is 2. The smallest absolute Gasteiger partial charge is 0.305 e. The Bertz CT molecular complexity index is 1210. The third-order valence-electron chi connectivity index (χ3n) is 8.13. The lowest BCUT2D eigenvalue weighted by Gasteiger charge is -2.42. The van der Waals surface area contributed by atoms with E-state index in [0.29, 0.717) is 25.8 Å². The first-order valence-corrected chi connectivity index (χ1v) is 13.5. The Morgan fingerprint density at radius 1 is 1.15 bits per heavy atom. The molecule has 1 saturated heterocycles. The molecule has 2 saturated carbocycles. The summed E-state index contributed by atoms with van der Waals surface area (Å²) in [7, 11) is 0. The number of carboxylic acids is 1. The van der Waals surface area contributed by atoms with Crippen LogP contribution in [0.3, 0.4) is 0 Å². The van der Waals surface area contributed by atoms with Crippen molar-refractivity contribution < 1.29 is 19.5 Å². The zero-order chi connectivity index (χ0) is 23.6. The predicted molar refractivity (Wildman–Crippen MR) is 126 cm³/mol. The Morgan fingerprint density at radius 3 is 2.68 bits per heavy atom. The number of carbonyl (C=O) groups excluding carboxylic acids is 2. The summed E-state index contributed by atoms with van der Waals surface area (Å²) in [6.07, 6.45) is 6.46. The van der Waals surface area contributed by atoms with Gasteiger partial charge >= 0.3 is 10.8 Å². The number of unbranched alkanes of at least 4 members (excludes halogenated alkanes) is 2. The van der Waals surface area contributed by atoms with E-state index in [1.165, 1.54) is 16.2 Å². The summed E-state index contributed by atoms with van der Waals surface area (Å²) in [5.74, 6) is -1.07. The number of pyridine rings is 1. The highest BCUT2D eigenvalue weighted by atomic mass is 32.2. The normalized spacial score (nSPS) is 33.2. The first-order valence-electron chi connectivity index (χ1n) is 11.8. The van der Waals surface area contributed by atoms with Gasteiger partial charge in [-0.15, -0.1) is 11.8 Å². The molecule has 2 aromatic heterocycles. The largest absolute Gasteiger partial charge is 0.481 e. The molecule has 8 nitrogen and oxygen atoms in total. The van der Waals surface area contributed by atoms with Crippen molar-refractivity contribution in [2.75, 3.05) is 6.54 Å². The molecule has 0 unspecified atom stereocenters. The molecule has 34 heavy (non-hydrogen) atoms. The van der Waals surface area contributed by atoms with Crippen molar-refractivity contribution in [2.45, 2.75) is 48.3 Å². The summed E-state index contributed by atoms with van der Waals surface area (Å²) < 4.78 is 0. The number of imide groups is 1. The molecule has 2 aliphatic carbocycles. The van der Waals surface area contributed by atoms with Crippen molar-refractivity contribution in [1.82, 2.24) is 14.9 Å². The summed E-state index contributed by atoms with van der Waals surface area (Å²) in [6, 6.07) is 3.96. The Hall–Kier alpha value is -2.46. The highest BCUT2D eigenvalue weighted by molar-refractivity contribution is 8.00. The highest BCUT2D eigenvalue weighted by Crippen LogP contribution is 2.68. The molecular formula is C24H25N3O5S2. The molecule has 4 heterocycles. The van der Waals surface area contributed by atoms with Crippen LogP contribution in [0.5, 0.6) is 0 Å². The van der Waals surface area contributed by atoms with Crippen LogP contribution in [0.2, 0.25) is 0 Å². The zero-order valence-electron chi connectivity index (χ0n) is 18.4. The summed E-state index contributed by atoms with van der Waals surface area (Å²) in [5, 5.41) is 9.90. The van der Waals surface area contributed by atoms with Gasteiger partial charge < -0.3 is 10.1 Å². The highest BCUT2D eigenvalue weighted by Gasteiger charge is 2.69. The van der Waals surface area contributed by atoms with Gasteiger partial charge in [0.25, 0.3) is 0 Å². The molecule has 178 valence electrons. The van der Waals surface area contributed by atoms with Gasteiger partial charge in [-0.25, -0.2) is 0 Å². The van der Waals surface area contributed by atoms with Crippen LogP contribution in [0.25, 0.3) is 0 Å². The number of likely N-dealkylation sites (tertiary alicyclic amines) is 1. The van der Waals surface area contributed by atoms with Crippen molar-refractivity contribution in [2.24, 2.45) is 29.6 Å². The van der Waals surface area contributed by atoms with Crippen molar-refractivity contribution in [1.29, 1.82) is 0 Å². The molecule has 10 heteroatoms. The second-order valence-corrected chi connectivity index (χ2v) is 12.0. The maximum atomic E-state index is 13.5. The van der Waals surface area contributed by atoms with E-state index in [9.17, 15) is 19.2 Å². The van der Waals surface area contributed by atoms with Gasteiger partial charge in [0, 0.05) is 41.4 Å². The molecular weight excluding hydrogens is 474 g/mol. The molecule has 4 aliphatic rings. The van der Waals surface area contributed by atoms with Crippen molar-refractivity contribution in [3.63, 3.8) is 0 Å². The quantitative estimate of drug-likeness (QED) is 0.444. The van der Waals surface area contributed by atoms with Gasteiger partial charge in [-0.05, 0) is 48.6 Å². The fraction of sp³-hybridized carbons (Fsp3) is 0.542. The third kappa shape index (κ3) is 3.29. The molecule has 0 aromatic carbocycles. The lowest BCUT2D eigenvalue weighted by molar-refractivity contribution is -0.141. The number of amides is 2. The molecule has 0 spiro atoms. The van der Waals surface area contributed by atoms with Crippen molar-refractivity contribution >= 4 is 40.9 Å². The second-order valence-electron chi connectivity index (χ2n) is 9.78. The maximum Gasteiger partial charge on any atom is 0.305 e. The van der Waals surface area contributed by atoms with Gasteiger partial charge in [0.15, 0.2) is 0 Å². The van der Waals surface area contributed by atoms with Gasteiger partial charge in [0.05, 0.1) is 16.9 Å². The number of carboxylic acid groups (broad SMARTS) is 1. The standard InChI is InChI=1S/C24H25N3O5S2/c28-14(29)6-2-1-3-8-27-22(30)17-12-9-13(18(17)23(27)31)19-16(12)15(11-5-4-7-25-10-11)20-21(33-19)26-24(32)34-20/h4-5,7,10,12-13,15-19H,1-3,6,8-9H2,(H,26,32)(H,28,29)/t12-,13+,15-,16+,17+,18+,19+/m0/s1. The molecule has 2 aliphatic heterocycles. The number of nitrogens with zero attached hydrogens (tertiary/aromatic N) is 2. The topological polar surface area (TPSA) is 120 Å². The van der Waals surface area contributed by atoms with Crippen molar-refractivity contribution in [3.05, 3.63) is 44.6 Å². The van der Waals surface area contributed by atoms with E-state index in [4.69, 9.17) is 5.11 Å². The van der Waals surface area contributed by atoms with Gasteiger partial charge in [-0.2, -0.15) is 0 Å². The van der Waals surface area contributed by atoms with E-state index in [-0.39, 0.29) is 63.9 Å². The summed E-state index contributed by atoms with van der Waals surface area (Å²) in [4.78, 5) is 59.5. The maximum absolute atomic E-state index is 13.5. The van der Waals surface area contributed by atoms with Crippen molar-refractivity contribution in [3.8, 4) is 0 Å². The van der Waals surface area contributed by atoms with Crippen LogP contribution < -0.4 is 4.87 Å². The van der Waals surface area contributed by atoms with E-state index < -0.39 is 5.97 Å². The number of aromatic amines is 1. The lowest BCUT2D eigenvalue weighted by Crippen LogP contribution is -2.42. The van der Waals surface area contributed by atoms with Crippen LogP contribution in [0, 0.1) is 29.6 Å². The summed E-state index contributed by atoms with van der Waals surface area (Å²) >= 11 is 2.94. The van der Waals surface area contributed by atoms with Crippen LogP contribution in [0.1, 0.15) is 48.5 Å². The van der Waals surface area contributed by atoms with E-state index in [1.807, 2.05) is 18.3 Å². The molecule has 2 bridgehead atoms. The number of thiazole rings is 1. The van der Waals surface area contributed by atoms with Gasteiger partial charge in [0.1, 0.15) is 0 Å².